The number of benzodiazepines with no additional fused rings is 2. The van der Waals surface area contributed by atoms with Gasteiger partial charge in [0.15, 0.2) is 0 Å². The maximum Gasteiger partial charge on any atom is 0.278 e. The topological polar surface area (TPSA) is 71.8 Å². The molecule has 0 bridgehead atoms. The lowest BCUT2D eigenvalue weighted by Gasteiger charge is -2.18. The first kappa shape index (κ1) is 34.2. The molecule has 6 rings (SSSR count). The molecule has 2 heterocycles. The first-order valence-electron chi connectivity index (χ1n) is 15.1. The Hall–Kier alpha value is -5.18. The van der Waals surface area contributed by atoms with Crippen LogP contribution in [0.15, 0.2) is 131 Å². The third kappa shape index (κ3) is 7.51. The number of anilines is 2. The van der Waals surface area contributed by atoms with Gasteiger partial charge in [0.25, 0.3) is 11.8 Å². The number of nitrogens with zero attached hydrogens (tertiary/aromatic N) is 6. The van der Waals surface area contributed by atoms with Crippen LogP contribution >= 0.6 is 23.2 Å². The van der Waals surface area contributed by atoms with Gasteiger partial charge in [-0.05, 0) is 36.4 Å². The number of fused-ring (bicyclic) bond motifs is 2. The van der Waals surface area contributed by atoms with Crippen molar-refractivity contribution < 1.29 is 9.59 Å². The summed E-state index contributed by atoms with van der Waals surface area (Å²) in [6, 6.07) is 30.6. The van der Waals surface area contributed by atoms with Crippen LogP contribution in [0.4, 0.5) is 11.4 Å². The number of carbonyl (C=O) groups excluding carboxylic acids is 2. The Balaban J connectivity index is 0.000000188. The second-order valence-corrected chi connectivity index (χ2v) is 12.5. The summed E-state index contributed by atoms with van der Waals surface area (Å²) in [6.07, 6.45) is 3.46. The Morgan fingerprint density at radius 3 is 1.25 bits per heavy atom. The average Bonchev–Trinajstić information content (AvgIpc) is 3.23. The van der Waals surface area contributed by atoms with E-state index >= 15 is 0 Å². The summed E-state index contributed by atoms with van der Waals surface area (Å²) in [5.41, 5.74) is 7.37. The fourth-order valence-corrected chi connectivity index (χ4v) is 5.63. The average molecular weight is 680 g/mol. The number of amides is 2. The van der Waals surface area contributed by atoms with Crippen molar-refractivity contribution in [2.24, 2.45) is 9.98 Å². The van der Waals surface area contributed by atoms with Gasteiger partial charge >= 0.3 is 0 Å². The number of aliphatic imine (C=N–C) groups is 2. The molecular weight excluding hydrogens is 643 g/mol. The molecule has 4 aromatic rings. The Labute approximate surface area is 291 Å². The maximum atomic E-state index is 12.8. The van der Waals surface area contributed by atoms with E-state index in [1.54, 1.807) is 48.4 Å². The van der Waals surface area contributed by atoms with Gasteiger partial charge in [-0.15, -0.1) is 0 Å². The molecule has 0 spiro atoms. The molecule has 8 nitrogen and oxygen atoms in total. The lowest BCUT2D eigenvalue weighted by molar-refractivity contribution is -0.115. The van der Waals surface area contributed by atoms with E-state index in [9.17, 15) is 9.59 Å². The zero-order chi connectivity index (χ0) is 34.5. The minimum atomic E-state index is -0.154. The molecule has 0 aliphatic carbocycles. The molecule has 0 atom stereocenters. The number of likely N-dealkylation sites (N-methyl/N-ethyl adjacent to an activating group) is 2. The monoisotopic (exact) mass is 678 g/mol. The fourth-order valence-electron chi connectivity index (χ4n) is 5.29. The largest absolute Gasteiger partial charge is 0.382 e. The molecule has 2 aliphatic heterocycles. The Morgan fingerprint density at radius 2 is 0.917 bits per heavy atom. The summed E-state index contributed by atoms with van der Waals surface area (Å²) in [5.74, 6) is -0.309. The second kappa shape index (κ2) is 14.7. The van der Waals surface area contributed by atoms with E-state index in [-0.39, 0.29) is 11.8 Å². The summed E-state index contributed by atoms with van der Waals surface area (Å²) in [6.45, 7) is 0. The van der Waals surface area contributed by atoms with E-state index < -0.39 is 0 Å². The molecule has 0 radical (unpaired) electrons. The molecule has 2 aliphatic rings. The highest BCUT2D eigenvalue weighted by Crippen LogP contribution is 2.32. The van der Waals surface area contributed by atoms with E-state index in [4.69, 9.17) is 23.2 Å². The molecule has 10 heteroatoms. The normalized spacial score (nSPS) is 15.8. The van der Waals surface area contributed by atoms with Crippen molar-refractivity contribution in [2.45, 2.75) is 0 Å². The molecule has 0 N–H and O–H groups in total. The van der Waals surface area contributed by atoms with Crippen LogP contribution in [0.2, 0.25) is 10.0 Å². The van der Waals surface area contributed by atoms with Crippen LogP contribution in [-0.4, -0.2) is 75.3 Å². The van der Waals surface area contributed by atoms with Gasteiger partial charge in [-0.25, -0.2) is 9.98 Å². The summed E-state index contributed by atoms with van der Waals surface area (Å²) < 4.78 is 0. The molecule has 4 aromatic carbocycles. The zero-order valence-corrected chi connectivity index (χ0v) is 29.2. The Kier molecular flexibility index (Phi) is 10.5. The molecule has 0 aromatic heterocycles. The SMILES string of the molecule is CN(C)/C=C1\N=C(c2ccccc2)c2cc(Cl)ccc2N(C)C1=O.CN(C)/C=C1\N=C(c2ccccc2)c2cc(Cl)ccc2N(C)C1=O. The standard InChI is InChI=1S/2C19H18ClN3O/c2*1-22(2)12-16-19(24)23(3)17-10-9-14(20)11-15(17)18(21-16)13-7-5-4-6-8-13/h2*4-12H,1-3H3/b2*16-12-. The van der Waals surface area contributed by atoms with Crippen LogP contribution in [0.5, 0.6) is 0 Å². The van der Waals surface area contributed by atoms with Crippen molar-refractivity contribution in [1.82, 2.24) is 9.80 Å². The van der Waals surface area contributed by atoms with Crippen molar-refractivity contribution in [3.63, 3.8) is 0 Å². The summed E-state index contributed by atoms with van der Waals surface area (Å²) >= 11 is 12.4. The minimum absolute atomic E-state index is 0.154. The van der Waals surface area contributed by atoms with Crippen molar-refractivity contribution >= 4 is 57.8 Å². The number of hydrogen-bond acceptors (Lipinski definition) is 6. The summed E-state index contributed by atoms with van der Waals surface area (Å²) in [5, 5.41) is 1.22. The zero-order valence-electron chi connectivity index (χ0n) is 27.6. The van der Waals surface area contributed by atoms with E-state index in [1.165, 1.54) is 0 Å². The Bertz CT molecular complexity index is 1820. The van der Waals surface area contributed by atoms with Gasteiger partial charge < -0.3 is 19.6 Å². The number of carbonyl (C=O) groups is 2. The molecule has 0 fully saturated rings. The van der Waals surface area contributed by atoms with Crippen molar-refractivity contribution in [1.29, 1.82) is 0 Å². The van der Waals surface area contributed by atoms with Gasteiger partial charge in [-0.3, -0.25) is 9.59 Å². The first-order valence-corrected chi connectivity index (χ1v) is 15.9. The molecule has 0 saturated carbocycles. The van der Waals surface area contributed by atoms with Gasteiger partial charge in [-0.2, -0.15) is 0 Å². The van der Waals surface area contributed by atoms with Crippen LogP contribution in [0.3, 0.4) is 0 Å². The minimum Gasteiger partial charge on any atom is -0.382 e. The third-order valence-electron chi connectivity index (χ3n) is 7.52. The van der Waals surface area contributed by atoms with Crippen LogP contribution in [-0.2, 0) is 9.59 Å². The number of halogens is 2. The predicted molar refractivity (Wildman–Crippen MR) is 197 cm³/mol. The fraction of sp³-hybridized carbons (Fsp3) is 0.158. The van der Waals surface area contributed by atoms with Gasteiger partial charge in [0.2, 0.25) is 0 Å². The summed E-state index contributed by atoms with van der Waals surface area (Å²) in [4.78, 5) is 41.8. The maximum absolute atomic E-state index is 12.8. The highest BCUT2D eigenvalue weighted by Gasteiger charge is 2.28. The molecule has 0 unspecified atom stereocenters. The molecule has 48 heavy (non-hydrogen) atoms. The molecule has 2 amide bonds. The quantitative estimate of drug-likeness (QED) is 0.216. The van der Waals surface area contributed by atoms with E-state index in [2.05, 4.69) is 9.98 Å². The molecular formula is C38H36Cl2N6O2. The van der Waals surface area contributed by atoms with Gasteiger partial charge in [-0.1, -0.05) is 83.9 Å². The lowest BCUT2D eigenvalue weighted by atomic mass is 10.0. The van der Waals surface area contributed by atoms with Crippen molar-refractivity contribution in [3.8, 4) is 0 Å². The second-order valence-electron chi connectivity index (χ2n) is 11.7. The summed E-state index contributed by atoms with van der Waals surface area (Å²) in [7, 11) is 11.0. The van der Waals surface area contributed by atoms with E-state index in [0.29, 0.717) is 21.4 Å². The molecule has 0 saturated heterocycles. The van der Waals surface area contributed by atoms with Gasteiger partial charge in [0.05, 0.1) is 22.8 Å². The van der Waals surface area contributed by atoms with Crippen molar-refractivity contribution in [3.05, 3.63) is 153 Å². The number of rotatable bonds is 4. The smallest absolute Gasteiger partial charge is 0.278 e. The number of hydrogen-bond donors (Lipinski definition) is 0. The predicted octanol–water partition coefficient (Wildman–Crippen LogP) is 7.11. The van der Waals surface area contributed by atoms with Crippen LogP contribution in [0, 0.1) is 0 Å². The van der Waals surface area contributed by atoms with Crippen LogP contribution in [0.1, 0.15) is 22.3 Å². The van der Waals surface area contributed by atoms with Gasteiger partial charge in [0.1, 0.15) is 11.4 Å². The Morgan fingerprint density at radius 1 is 0.562 bits per heavy atom. The van der Waals surface area contributed by atoms with Crippen molar-refractivity contribution in [2.75, 3.05) is 52.1 Å². The third-order valence-corrected chi connectivity index (χ3v) is 7.99. The van der Waals surface area contributed by atoms with Crippen LogP contribution in [0.25, 0.3) is 0 Å². The lowest BCUT2D eigenvalue weighted by Crippen LogP contribution is -2.27. The van der Waals surface area contributed by atoms with Crippen LogP contribution < -0.4 is 9.80 Å². The van der Waals surface area contributed by atoms with E-state index in [0.717, 1.165) is 45.1 Å². The van der Waals surface area contributed by atoms with Gasteiger partial charge in [0, 0.05) is 87.0 Å². The number of benzene rings is 4. The first-order chi connectivity index (χ1) is 22.9. The highest BCUT2D eigenvalue weighted by atomic mass is 35.5. The van der Waals surface area contributed by atoms with E-state index in [1.807, 2.05) is 123 Å². The highest BCUT2D eigenvalue weighted by molar-refractivity contribution is 6.33. The molecule has 244 valence electrons.